The molecular weight excluding hydrogens is 308 g/mol. The van der Waals surface area contributed by atoms with Crippen LogP contribution in [-0.2, 0) is 11.2 Å². The zero-order valence-electron chi connectivity index (χ0n) is 13.1. The van der Waals surface area contributed by atoms with E-state index in [1.165, 1.54) is 16.9 Å². The van der Waals surface area contributed by atoms with E-state index in [-0.39, 0.29) is 17.8 Å². The Balaban J connectivity index is 2.08. The highest BCUT2D eigenvalue weighted by Gasteiger charge is 2.14. The molecule has 1 heterocycles. The number of rotatable bonds is 8. The number of aliphatic carboxylic acids is 1. The fraction of sp³-hybridized carbons (Fsp3) is 0.263. The molecule has 2 aromatic rings. The number of carboxylic acid groups (broad SMARTS) is 1. The number of hydrogen-bond acceptors (Lipinski definition) is 3. The van der Waals surface area contributed by atoms with E-state index >= 15 is 0 Å². The zero-order chi connectivity index (χ0) is 16.7. The summed E-state index contributed by atoms with van der Waals surface area (Å²) in [6.07, 6.45) is 4.73. The fourth-order valence-corrected chi connectivity index (χ4v) is 2.88. The van der Waals surface area contributed by atoms with E-state index in [1.807, 2.05) is 29.0 Å². The average Bonchev–Trinajstić information content (AvgIpc) is 3.05. The summed E-state index contributed by atoms with van der Waals surface area (Å²) >= 11 is 1.49. The summed E-state index contributed by atoms with van der Waals surface area (Å²) in [6, 6.07) is 9.31. The first kappa shape index (κ1) is 17.2. The number of ketones is 1. The Morgan fingerprint density at radius 1 is 1.17 bits per heavy atom. The molecular formula is C19H20O3S. The number of benzene rings is 1. The highest BCUT2D eigenvalue weighted by molar-refractivity contribution is 7.08. The van der Waals surface area contributed by atoms with E-state index in [0.29, 0.717) is 5.56 Å². The van der Waals surface area contributed by atoms with Gasteiger partial charge in [0, 0.05) is 17.6 Å². The molecule has 0 amide bonds. The van der Waals surface area contributed by atoms with Gasteiger partial charge >= 0.3 is 5.97 Å². The molecule has 0 spiro atoms. The second kappa shape index (κ2) is 8.44. The van der Waals surface area contributed by atoms with Crippen molar-refractivity contribution in [1.29, 1.82) is 0 Å². The summed E-state index contributed by atoms with van der Waals surface area (Å²) < 4.78 is 0. The SMILES string of the molecule is CCCCc1ccc(C(=O)CC(=Cc2ccsc2)C(=O)O)cc1. The van der Waals surface area contributed by atoms with Gasteiger partial charge < -0.3 is 5.11 Å². The van der Waals surface area contributed by atoms with Crippen LogP contribution < -0.4 is 0 Å². The second-order valence-corrected chi connectivity index (χ2v) is 6.21. The second-order valence-electron chi connectivity index (χ2n) is 5.43. The van der Waals surface area contributed by atoms with Crippen LogP contribution in [0.15, 0.2) is 46.7 Å². The van der Waals surface area contributed by atoms with E-state index in [9.17, 15) is 14.7 Å². The zero-order valence-corrected chi connectivity index (χ0v) is 13.9. The molecule has 0 radical (unpaired) electrons. The average molecular weight is 328 g/mol. The monoisotopic (exact) mass is 328 g/mol. The maximum Gasteiger partial charge on any atom is 0.332 e. The quantitative estimate of drug-likeness (QED) is 0.557. The molecule has 4 heteroatoms. The number of aryl methyl sites for hydroxylation is 1. The van der Waals surface area contributed by atoms with Crippen molar-refractivity contribution < 1.29 is 14.7 Å². The fourth-order valence-electron chi connectivity index (χ4n) is 2.26. The van der Waals surface area contributed by atoms with Crippen LogP contribution in [0.1, 0.15) is 47.7 Å². The van der Waals surface area contributed by atoms with Crippen LogP contribution in [0.4, 0.5) is 0 Å². The van der Waals surface area contributed by atoms with Gasteiger partial charge in [-0.25, -0.2) is 4.79 Å². The third-order valence-electron chi connectivity index (χ3n) is 3.60. The van der Waals surface area contributed by atoms with E-state index in [0.717, 1.165) is 24.8 Å². The number of unbranched alkanes of at least 4 members (excludes halogenated alkanes) is 1. The summed E-state index contributed by atoms with van der Waals surface area (Å²) in [5.41, 5.74) is 2.69. The molecule has 0 aliphatic rings. The largest absolute Gasteiger partial charge is 0.478 e. The van der Waals surface area contributed by atoms with Crippen molar-refractivity contribution >= 4 is 29.2 Å². The van der Waals surface area contributed by atoms with Crippen molar-refractivity contribution in [2.24, 2.45) is 0 Å². The standard InChI is InChI=1S/C19H20O3S/c1-2-3-4-14-5-7-16(8-6-14)18(20)12-17(19(21)22)11-15-9-10-23-13-15/h5-11,13H,2-4,12H2,1H3,(H,21,22). The number of Topliss-reactive ketones (excluding diaryl/α,β-unsaturated/α-hetero) is 1. The van der Waals surface area contributed by atoms with Gasteiger partial charge in [-0.1, -0.05) is 37.6 Å². The molecule has 23 heavy (non-hydrogen) atoms. The van der Waals surface area contributed by atoms with Crippen molar-refractivity contribution in [3.8, 4) is 0 Å². The van der Waals surface area contributed by atoms with E-state index in [4.69, 9.17) is 0 Å². The van der Waals surface area contributed by atoms with Crippen LogP contribution in [-0.4, -0.2) is 16.9 Å². The number of carbonyl (C=O) groups excluding carboxylic acids is 1. The van der Waals surface area contributed by atoms with Gasteiger partial charge in [0.05, 0.1) is 0 Å². The van der Waals surface area contributed by atoms with Crippen LogP contribution in [0, 0.1) is 0 Å². The normalized spacial score (nSPS) is 11.4. The van der Waals surface area contributed by atoms with Crippen molar-refractivity contribution in [3.05, 3.63) is 63.4 Å². The molecule has 0 saturated heterocycles. The lowest BCUT2D eigenvalue weighted by Gasteiger charge is -2.05. The molecule has 1 N–H and O–H groups in total. The molecule has 0 saturated carbocycles. The Morgan fingerprint density at radius 3 is 2.48 bits per heavy atom. The molecule has 1 aromatic carbocycles. The number of carboxylic acids is 1. The Hall–Kier alpha value is -2.20. The summed E-state index contributed by atoms with van der Waals surface area (Å²) in [6.45, 7) is 2.14. The van der Waals surface area contributed by atoms with Crippen LogP contribution in [0.5, 0.6) is 0 Å². The highest BCUT2D eigenvalue weighted by Crippen LogP contribution is 2.17. The molecule has 0 fully saturated rings. The Kier molecular flexibility index (Phi) is 6.29. The van der Waals surface area contributed by atoms with Crippen LogP contribution in [0.3, 0.4) is 0 Å². The minimum atomic E-state index is -1.05. The van der Waals surface area contributed by atoms with Crippen LogP contribution >= 0.6 is 11.3 Å². The predicted octanol–water partition coefficient (Wildman–Crippen LogP) is 4.83. The van der Waals surface area contributed by atoms with Gasteiger partial charge in [0.1, 0.15) is 0 Å². The lowest BCUT2D eigenvalue weighted by Crippen LogP contribution is -2.08. The smallest absolute Gasteiger partial charge is 0.332 e. The number of thiophene rings is 1. The molecule has 120 valence electrons. The lowest BCUT2D eigenvalue weighted by molar-refractivity contribution is -0.132. The first-order valence-electron chi connectivity index (χ1n) is 7.68. The maximum atomic E-state index is 12.3. The topological polar surface area (TPSA) is 54.4 Å². The molecule has 0 unspecified atom stereocenters. The Labute approximate surface area is 140 Å². The molecule has 0 bridgehead atoms. The Morgan fingerprint density at radius 2 is 1.91 bits per heavy atom. The molecule has 2 rings (SSSR count). The van der Waals surface area contributed by atoms with Gasteiger partial charge in [0.25, 0.3) is 0 Å². The van der Waals surface area contributed by atoms with Gasteiger partial charge in [-0.15, -0.1) is 0 Å². The third-order valence-corrected chi connectivity index (χ3v) is 4.31. The highest BCUT2D eigenvalue weighted by atomic mass is 32.1. The molecule has 0 aliphatic carbocycles. The van der Waals surface area contributed by atoms with Crippen molar-refractivity contribution in [2.45, 2.75) is 32.6 Å². The minimum Gasteiger partial charge on any atom is -0.478 e. The third kappa shape index (κ3) is 5.18. The van der Waals surface area contributed by atoms with E-state index < -0.39 is 5.97 Å². The molecule has 0 aliphatic heterocycles. The first-order valence-corrected chi connectivity index (χ1v) is 8.62. The minimum absolute atomic E-state index is 0.0977. The summed E-state index contributed by atoms with van der Waals surface area (Å²) in [7, 11) is 0. The maximum absolute atomic E-state index is 12.3. The van der Waals surface area contributed by atoms with Gasteiger partial charge in [-0.2, -0.15) is 11.3 Å². The Bertz CT molecular complexity index is 682. The summed E-state index contributed by atoms with van der Waals surface area (Å²) in [4.78, 5) is 23.7. The van der Waals surface area contributed by atoms with Gasteiger partial charge in [-0.3, -0.25) is 4.79 Å². The van der Waals surface area contributed by atoms with Gasteiger partial charge in [-0.05, 0) is 46.9 Å². The molecule has 3 nitrogen and oxygen atoms in total. The predicted molar refractivity (Wildman–Crippen MR) is 93.9 cm³/mol. The van der Waals surface area contributed by atoms with Crippen LogP contribution in [0.2, 0.25) is 0 Å². The van der Waals surface area contributed by atoms with Crippen molar-refractivity contribution in [1.82, 2.24) is 0 Å². The van der Waals surface area contributed by atoms with Crippen LogP contribution in [0.25, 0.3) is 6.08 Å². The summed E-state index contributed by atoms with van der Waals surface area (Å²) in [5, 5.41) is 13.0. The number of hydrogen-bond donors (Lipinski definition) is 1. The lowest BCUT2D eigenvalue weighted by atomic mass is 9.99. The molecule has 1 aromatic heterocycles. The van der Waals surface area contributed by atoms with Crippen molar-refractivity contribution in [3.63, 3.8) is 0 Å². The van der Waals surface area contributed by atoms with Gasteiger partial charge in [0.2, 0.25) is 0 Å². The number of carbonyl (C=O) groups is 2. The van der Waals surface area contributed by atoms with E-state index in [1.54, 1.807) is 18.2 Å². The molecule has 0 atom stereocenters. The first-order chi connectivity index (χ1) is 11.1. The van der Waals surface area contributed by atoms with Crippen molar-refractivity contribution in [2.75, 3.05) is 0 Å². The van der Waals surface area contributed by atoms with Gasteiger partial charge in [0.15, 0.2) is 5.78 Å². The van der Waals surface area contributed by atoms with E-state index in [2.05, 4.69) is 6.92 Å². The summed E-state index contributed by atoms with van der Waals surface area (Å²) in [5.74, 6) is -1.22.